The third-order valence-corrected chi connectivity index (χ3v) is 3.86. The minimum atomic E-state index is 0.167. The van der Waals surface area contributed by atoms with Gasteiger partial charge in [-0.1, -0.05) is 0 Å². The van der Waals surface area contributed by atoms with E-state index >= 15 is 0 Å². The second-order valence-corrected chi connectivity index (χ2v) is 5.32. The van der Waals surface area contributed by atoms with E-state index in [0.29, 0.717) is 24.3 Å². The van der Waals surface area contributed by atoms with E-state index < -0.39 is 0 Å². The smallest absolute Gasteiger partial charge is 0.142 e. The Hall–Kier alpha value is -0.810. The van der Waals surface area contributed by atoms with Crippen molar-refractivity contribution in [1.82, 2.24) is 4.37 Å². The molecule has 0 atom stereocenters. The number of hydrogen-bond donors (Lipinski definition) is 2. The number of aliphatic hydroxyl groups excluding tert-OH is 1. The van der Waals surface area contributed by atoms with Crippen LogP contribution in [0.25, 0.3) is 0 Å². The third-order valence-electron chi connectivity index (χ3n) is 2.95. The number of anilines is 2. The van der Waals surface area contributed by atoms with Crippen molar-refractivity contribution in [2.45, 2.75) is 38.6 Å². The number of aliphatic hydroxyl groups is 1. The Labute approximate surface area is 100 Å². The largest absolute Gasteiger partial charge is 0.395 e. The van der Waals surface area contributed by atoms with Crippen molar-refractivity contribution in [1.29, 1.82) is 0 Å². The van der Waals surface area contributed by atoms with Crippen molar-refractivity contribution in [2.75, 3.05) is 23.8 Å². The maximum absolute atomic E-state index is 9.11. The molecule has 1 aromatic rings. The van der Waals surface area contributed by atoms with Gasteiger partial charge < -0.3 is 15.7 Å². The Morgan fingerprint density at radius 1 is 1.56 bits per heavy atom. The molecule has 2 rings (SSSR count). The van der Waals surface area contributed by atoms with Crippen LogP contribution >= 0.6 is 11.5 Å². The van der Waals surface area contributed by atoms with Crippen LogP contribution in [0.1, 0.15) is 38.2 Å². The van der Waals surface area contributed by atoms with Gasteiger partial charge >= 0.3 is 0 Å². The van der Waals surface area contributed by atoms with Gasteiger partial charge in [-0.3, -0.25) is 0 Å². The van der Waals surface area contributed by atoms with Crippen LogP contribution < -0.4 is 10.6 Å². The van der Waals surface area contributed by atoms with Gasteiger partial charge in [-0.2, -0.15) is 4.37 Å². The molecule has 16 heavy (non-hydrogen) atoms. The number of aromatic nitrogens is 1. The summed E-state index contributed by atoms with van der Waals surface area (Å²) in [7, 11) is 0. The van der Waals surface area contributed by atoms with E-state index in [2.05, 4.69) is 23.1 Å². The summed E-state index contributed by atoms with van der Waals surface area (Å²) >= 11 is 1.46. The molecule has 0 bridgehead atoms. The molecule has 1 saturated carbocycles. The molecular weight excluding hydrogens is 222 g/mol. The molecule has 0 amide bonds. The van der Waals surface area contributed by atoms with Crippen LogP contribution in [0.2, 0.25) is 0 Å². The first kappa shape index (κ1) is 11.7. The summed E-state index contributed by atoms with van der Waals surface area (Å²) in [4.78, 5) is 2.20. The van der Waals surface area contributed by atoms with Crippen LogP contribution in [0.5, 0.6) is 0 Å². The van der Waals surface area contributed by atoms with Crippen molar-refractivity contribution in [2.24, 2.45) is 0 Å². The maximum Gasteiger partial charge on any atom is 0.142 e. The van der Waals surface area contributed by atoms with E-state index in [1.54, 1.807) is 0 Å². The lowest BCUT2D eigenvalue weighted by Gasteiger charge is -2.27. The first-order valence-electron chi connectivity index (χ1n) is 5.77. The van der Waals surface area contributed by atoms with E-state index in [9.17, 15) is 0 Å². The van der Waals surface area contributed by atoms with Crippen LogP contribution in [0.4, 0.5) is 10.8 Å². The molecule has 5 heteroatoms. The highest BCUT2D eigenvalue weighted by Crippen LogP contribution is 2.49. The molecule has 1 aliphatic carbocycles. The zero-order chi connectivity index (χ0) is 11.7. The number of rotatable bonds is 5. The fourth-order valence-corrected chi connectivity index (χ4v) is 3.02. The average molecular weight is 241 g/mol. The number of nitrogen functional groups attached to an aromatic ring is 1. The Bertz CT molecular complexity index is 360. The Kier molecular flexibility index (Phi) is 3.35. The molecule has 0 aliphatic heterocycles. The second-order valence-electron chi connectivity index (χ2n) is 4.57. The topological polar surface area (TPSA) is 62.4 Å². The number of hydrogen-bond acceptors (Lipinski definition) is 5. The monoisotopic (exact) mass is 241 g/mol. The second kappa shape index (κ2) is 4.59. The lowest BCUT2D eigenvalue weighted by Crippen LogP contribution is -2.33. The lowest BCUT2D eigenvalue weighted by atomic mass is 10.2. The van der Waals surface area contributed by atoms with Gasteiger partial charge in [-0.15, -0.1) is 0 Å². The molecule has 4 nitrogen and oxygen atoms in total. The number of nitrogens with two attached hydrogens (primary N) is 1. The maximum atomic E-state index is 9.11. The van der Waals surface area contributed by atoms with E-state index in [-0.39, 0.29) is 6.61 Å². The standard InChI is InChI=1S/C11H19N3OS/c1-7(2)14(5-6-15)11-9(8-3-4-8)10(12)13-16-11/h7-8,15H,3-6H2,1-2H3,(H2,12,13). The highest BCUT2D eigenvalue weighted by atomic mass is 32.1. The number of nitrogens with zero attached hydrogens (tertiary/aromatic N) is 2. The molecular formula is C11H19N3OS. The zero-order valence-corrected chi connectivity index (χ0v) is 10.6. The van der Waals surface area contributed by atoms with Gasteiger partial charge in [0.2, 0.25) is 0 Å². The van der Waals surface area contributed by atoms with Crippen LogP contribution in [0, 0.1) is 0 Å². The van der Waals surface area contributed by atoms with Gasteiger partial charge in [-0.05, 0) is 44.1 Å². The SMILES string of the molecule is CC(C)N(CCO)c1snc(N)c1C1CC1. The molecule has 0 saturated heterocycles. The summed E-state index contributed by atoms with van der Waals surface area (Å²) in [5.74, 6) is 1.29. The highest BCUT2D eigenvalue weighted by molar-refractivity contribution is 7.10. The van der Waals surface area contributed by atoms with Gasteiger partial charge in [0.1, 0.15) is 10.8 Å². The summed E-state index contributed by atoms with van der Waals surface area (Å²) in [6.07, 6.45) is 2.45. The summed E-state index contributed by atoms with van der Waals surface area (Å²) in [5.41, 5.74) is 7.14. The minimum absolute atomic E-state index is 0.167. The molecule has 0 spiro atoms. The van der Waals surface area contributed by atoms with Crippen LogP contribution in [0.3, 0.4) is 0 Å². The Balaban J connectivity index is 2.29. The van der Waals surface area contributed by atoms with Crippen molar-refractivity contribution in [3.8, 4) is 0 Å². The molecule has 1 aromatic heterocycles. The van der Waals surface area contributed by atoms with Crippen LogP contribution in [-0.2, 0) is 0 Å². The molecule has 1 aliphatic rings. The molecule has 0 aromatic carbocycles. The predicted molar refractivity (Wildman–Crippen MR) is 68.1 cm³/mol. The van der Waals surface area contributed by atoms with Gasteiger partial charge in [0.05, 0.1) is 6.61 Å². The molecule has 0 radical (unpaired) electrons. The van der Waals surface area contributed by atoms with Crippen molar-refractivity contribution >= 4 is 22.4 Å². The predicted octanol–water partition coefficient (Wildman–Crippen LogP) is 1.81. The fourth-order valence-electron chi connectivity index (χ4n) is 1.97. The van der Waals surface area contributed by atoms with Crippen molar-refractivity contribution in [3.05, 3.63) is 5.56 Å². The van der Waals surface area contributed by atoms with Crippen LogP contribution in [-0.4, -0.2) is 28.7 Å². The van der Waals surface area contributed by atoms with Gasteiger partial charge in [0.15, 0.2) is 0 Å². The minimum Gasteiger partial charge on any atom is -0.395 e. The summed E-state index contributed by atoms with van der Waals surface area (Å²) < 4.78 is 4.26. The van der Waals surface area contributed by atoms with E-state index in [1.807, 2.05) is 0 Å². The van der Waals surface area contributed by atoms with E-state index in [4.69, 9.17) is 10.8 Å². The quantitative estimate of drug-likeness (QED) is 0.825. The van der Waals surface area contributed by atoms with E-state index in [1.165, 1.54) is 29.9 Å². The lowest BCUT2D eigenvalue weighted by molar-refractivity contribution is 0.299. The first-order valence-corrected chi connectivity index (χ1v) is 6.55. The normalized spacial score (nSPS) is 15.8. The summed E-state index contributed by atoms with van der Waals surface area (Å²) in [5, 5.41) is 10.3. The van der Waals surface area contributed by atoms with Crippen LogP contribution in [0.15, 0.2) is 0 Å². The summed E-state index contributed by atoms with van der Waals surface area (Å²) in [6.45, 7) is 5.07. The summed E-state index contributed by atoms with van der Waals surface area (Å²) in [6, 6.07) is 0.365. The molecule has 1 fully saturated rings. The van der Waals surface area contributed by atoms with Gasteiger partial charge in [-0.25, -0.2) is 0 Å². The first-order chi connectivity index (χ1) is 7.65. The third kappa shape index (κ3) is 2.15. The Morgan fingerprint density at radius 3 is 2.75 bits per heavy atom. The zero-order valence-electron chi connectivity index (χ0n) is 9.81. The van der Waals surface area contributed by atoms with Crippen molar-refractivity contribution < 1.29 is 5.11 Å². The highest BCUT2D eigenvalue weighted by Gasteiger charge is 2.32. The molecule has 0 unspecified atom stereocenters. The molecule has 90 valence electrons. The fraction of sp³-hybridized carbons (Fsp3) is 0.727. The Morgan fingerprint density at radius 2 is 2.25 bits per heavy atom. The molecule has 1 heterocycles. The molecule has 3 N–H and O–H groups in total. The van der Waals surface area contributed by atoms with Gasteiger partial charge in [0, 0.05) is 18.2 Å². The average Bonchev–Trinajstić information content (AvgIpc) is 2.99. The van der Waals surface area contributed by atoms with Gasteiger partial charge in [0.25, 0.3) is 0 Å². The van der Waals surface area contributed by atoms with E-state index in [0.717, 1.165) is 5.00 Å². The van der Waals surface area contributed by atoms with Crippen molar-refractivity contribution in [3.63, 3.8) is 0 Å².